The number of anilines is 1. The number of hydrogen-bond donors (Lipinski definition) is 2. The lowest BCUT2D eigenvalue weighted by atomic mass is 10.1. The van der Waals surface area contributed by atoms with Crippen molar-refractivity contribution in [1.29, 1.82) is 0 Å². The largest absolute Gasteiger partial charge is 0.360 e. The highest BCUT2D eigenvalue weighted by Gasteiger charge is 2.26. The van der Waals surface area contributed by atoms with Crippen molar-refractivity contribution in [3.8, 4) is 0 Å². The molecule has 1 atom stereocenters. The van der Waals surface area contributed by atoms with E-state index < -0.39 is 22.2 Å². The molecule has 0 bridgehead atoms. The van der Waals surface area contributed by atoms with Crippen LogP contribution in [0, 0.1) is 6.92 Å². The molecule has 0 saturated carbocycles. The van der Waals surface area contributed by atoms with E-state index in [2.05, 4.69) is 15.2 Å². The summed E-state index contributed by atoms with van der Waals surface area (Å²) in [7, 11) is -0.992. The first kappa shape index (κ1) is 18.1. The van der Waals surface area contributed by atoms with Crippen molar-refractivity contribution in [3.63, 3.8) is 0 Å². The summed E-state index contributed by atoms with van der Waals surface area (Å²) >= 11 is 0. The molecule has 0 aliphatic carbocycles. The molecule has 0 aliphatic rings. The lowest BCUT2D eigenvalue weighted by molar-refractivity contribution is -0.117. The van der Waals surface area contributed by atoms with E-state index >= 15 is 0 Å². The van der Waals surface area contributed by atoms with Gasteiger partial charge in [-0.05, 0) is 18.9 Å². The van der Waals surface area contributed by atoms with Gasteiger partial charge in [-0.15, -0.1) is 0 Å². The number of carbonyl (C=O) groups is 1. The third-order valence-corrected chi connectivity index (χ3v) is 4.79. The maximum absolute atomic E-state index is 12.5. The smallest absolute Gasteiger partial charge is 0.279 e. The second kappa shape index (κ2) is 7.56. The summed E-state index contributed by atoms with van der Waals surface area (Å²) in [6, 6.07) is 9.71. The van der Waals surface area contributed by atoms with Crippen LogP contribution < -0.4 is 10.0 Å². The van der Waals surface area contributed by atoms with Gasteiger partial charge in [0.1, 0.15) is 11.8 Å². The first-order valence-corrected chi connectivity index (χ1v) is 8.70. The number of benzene rings is 1. The van der Waals surface area contributed by atoms with E-state index in [0.717, 1.165) is 9.87 Å². The number of aryl methyl sites for hydroxylation is 1. The highest BCUT2D eigenvalue weighted by molar-refractivity contribution is 7.87. The Morgan fingerprint density at radius 1 is 1.29 bits per heavy atom. The zero-order valence-electron chi connectivity index (χ0n) is 13.7. The molecule has 1 aromatic carbocycles. The normalized spacial score (nSPS) is 13.0. The molecule has 0 spiro atoms. The van der Waals surface area contributed by atoms with Gasteiger partial charge >= 0.3 is 0 Å². The number of nitrogens with zero attached hydrogens (tertiary/aromatic N) is 2. The molecule has 8 nitrogen and oxygen atoms in total. The maximum Gasteiger partial charge on any atom is 0.279 e. The summed E-state index contributed by atoms with van der Waals surface area (Å²) in [5.74, 6) is 0.260. The number of nitrogens with one attached hydrogen (secondary N) is 2. The van der Waals surface area contributed by atoms with Gasteiger partial charge in [0.05, 0.1) is 0 Å². The Morgan fingerprint density at radius 3 is 2.50 bits per heavy atom. The zero-order chi connectivity index (χ0) is 17.7. The minimum absolute atomic E-state index is 0.205. The van der Waals surface area contributed by atoms with Crippen molar-refractivity contribution in [3.05, 3.63) is 47.7 Å². The molecule has 0 saturated heterocycles. The molecule has 1 heterocycles. The second-order valence-corrected chi connectivity index (χ2v) is 7.38. The lowest BCUT2D eigenvalue weighted by Crippen LogP contribution is -2.49. The predicted octanol–water partition coefficient (Wildman–Crippen LogP) is 0.929. The van der Waals surface area contributed by atoms with Crippen LogP contribution in [0.15, 0.2) is 40.9 Å². The van der Waals surface area contributed by atoms with Crippen LogP contribution in [0.4, 0.5) is 5.82 Å². The molecule has 0 aliphatic heterocycles. The summed E-state index contributed by atoms with van der Waals surface area (Å²) in [5.41, 5.74) is 0.829. The molecule has 130 valence electrons. The number of rotatable bonds is 7. The van der Waals surface area contributed by atoms with Crippen molar-refractivity contribution in [1.82, 2.24) is 14.2 Å². The number of carbonyl (C=O) groups excluding carboxylic acids is 1. The molecular weight excluding hydrogens is 332 g/mol. The summed E-state index contributed by atoms with van der Waals surface area (Å²) in [5, 5.41) is 6.24. The molecular formula is C15H20N4O4S. The molecule has 2 N–H and O–H groups in total. The fourth-order valence-electron chi connectivity index (χ4n) is 1.96. The fourth-order valence-corrected chi connectivity index (χ4v) is 2.72. The Morgan fingerprint density at radius 2 is 1.96 bits per heavy atom. The first-order chi connectivity index (χ1) is 11.3. The highest BCUT2D eigenvalue weighted by Crippen LogP contribution is 2.10. The third-order valence-electron chi connectivity index (χ3n) is 3.25. The summed E-state index contributed by atoms with van der Waals surface area (Å²) in [6.45, 7) is 1.69. The van der Waals surface area contributed by atoms with Gasteiger partial charge < -0.3 is 9.84 Å². The molecule has 0 fully saturated rings. The van der Waals surface area contributed by atoms with Crippen LogP contribution >= 0.6 is 0 Å². The molecule has 1 aromatic heterocycles. The van der Waals surface area contributed by atoms with E-state index in [9.17, 15) is 13.2 Å². The van der Waals surface area contributed by atoms with Crippen LogP contribution in [0.2, 0.25) is 0 Å². The quantitative estimate of drug-likeness (QED) is 0.771. The topological polar surface area (TPSA) is 105 Å². The zero-order valence-corrected chi connectivity index (χ0v) is 14.5. The molecule has 1 unspecified atom stereocenters. The Labute approximate surface area is 141 Å². The number of amides is 1. The van der Waals surface area contributed by atoms with Gasteiger partial charge in [0.15, 0.2) is 5.82 Å². The van der Waals surface area contributed by atoms with Crippen molar-refractivity contribution in [2.75, 3.05) is 19.4 Å². The van der Waals surface area contributed by atoms with Gasteiger partial charge in [-0.2, -0.15) is 17.4 Å². The standard InChI is InChI=1S/C15H20N4O4S/c1-11-9-14(17-23-11)16-15(20)13(18-24(21,22)19(2)3)10-12-7-5-4-6-8-12/h4-9,13,18H,10H2,1-3H3,(H,16,17,20). The molecule has 2 aromatic rings. The fraction of sp³-hybridized carbons (Fsp3) is 0.333. The summed E-state index contributed by atoms with van der Waals surface area (Å²) in [6.07, 6.45) is 0.205. The predicted molar refractivity (Wildman–Crippen MR) is 89.5 cm³/mol. The Kier molecular flexibility index (Phi) is 5.71. The monoisotopic (exact) mass is 352 g/mol. The van der Waals surface area contributed by atoms with Crippen molar-refractivity contribution in [2.45, 2.75) is 19.4 Å². The average Bonchev–Trinajstić information content (AvgIpc) is 2.92. The van der Waals surface area contributed by atoms with Crippen LogP contribution in [0.25, 0.3) is 0 Å². The van der Waals surface area contributed by atoms with Crippen molar-refractivity contribution >= 4 is 21.9 Å². The van der Waals surface area contributed by atoms with Crippen molar-refractivity contribution in [2.24, 2.45) is 0 Å². The molecule has 0 radical (unpaired) electrons. The van der Waals surface area contributed by atoms with Crippen LogP contribution in [-0.4, -0.2) is 43.9 Å². The van der Waals surface area contributed by atoms with Gasteiger partial charge in [-0.1, -0.05) is 35.5 Å². The Balaban J connectivity index is 2.19. The molecule has 24 heavy (non-hydrogen) atoms. The lowest BCUT2D eigenvalue weighted by Gasteiger charge is -2.20. The minimum atomic E-state index is -3.77. The van der Waals surface area contributed by atoms with E-state index in [1.165, 1.54) is 14.1 Å². The van der Waals surface area contributed by atoms with Gasteiger partial charge in [0.25, 0.3) is 10.2 Å². The van der Waals surface area contributed by atoms with Gasteiger partial charge in [0, 0.05) is 20.2 Å². The Hall–Kier alpha value is -2.23. The first-order valence-electron chi connectivity index (χ1n) is 7.26. The van der Waals surface area contributed by atoms with E-state index in [1.54, 1.807) is 13.0 Å². The summed E-state index contributed by atoms with van der Waals surface area (Å²) < 4.78 is 32.5. The highest BCUT2D eigenvalue weighted by atomic mass is 32.2. The number of aromatic nitrogens is 1. The van der Waals surface area contributed by atoms with E-state index in [0.29, 0.717) is 5.76 Å². The van der Waals surface area contributed by atoms with Gasteiger partial charge in [-0.25, -0.2) is 0 Å². The minimum Gasteiger partial charge on any atom is -0.360 e. The van der Waals surface area contributed by atoms with Crippen LogP contribution in [0.3, 0.4) is 0 Å². The van der Waals surface area contributed by atoms with Crippen LogP contribution in [0.1, 0.15) is 11.3 Å². The molecule has 1 amide bonds. The Bertz CT molecular complexity index is 787. The molecule has 9 heteroatoms. The average molecular weight is 352 g/mol. The maximum atomic E-state index is 12.5. The molecule has 2 rings (SSSR count). The van der Waals surface area contributed by atoms with E-state index in [4.69, 9.17) is 4.52 Å². The van der Waals surface area contributed by atoms with E-state index in [-0.39, 0.29) is 12.2 Å². The number of hydrogen-bond acceptors (Lipinski definition) is 5. The third kappa shape index (κ3) is 4.88. The summed E-state index contributed by atoms with van der Waals surface area (Å²) in [4.78, 5) is 12.5. The van der Waals surface area contributed by atoms with Crippen LogP contribution in [-0.2, 0) is 21.4 Å². The van der Waals surface area contributed by atoms with Gasteiger partial charge in [0.2, 0.25) is 5.91 Å². The SMILES string of the molecule is Cc1cc(NC(=O)C(Cc2ccccc2)NS(=O)(=O)N(C)C)no1. The van der Waals surface area contributed by atoms with Crippen molar-refractivity contribution < 1.29 is 17.7 Å². The van der Waals surface area contributed by atoms with Gasteiger partial charge in [-0.3, -0.25) is 4.79 Å². The second-order valence-electron chi connectivity index (χ2n) is 5.46. The van der Waals surface area contributed by atoms with Crippen LogP contribution in [0.5, 0.6) is 0 Å². The van der Waals surface area contributed by atoms with E-state index in [1.807, 2.05) is 30.3 Å².